The second kappa shape index (κ2) is 3.69. The molecule has 0 fully saturated rings. The van der Waals surface area contributed by atoms with E-state index in [9.17, 15) is 4.79 Å². The van der Waals surface area contributed by atoms with Gasteiger partial charge in [-0.05, 0) is 19.4 Å². The molecule has 0 aliphatic carbocycles. The average Bonchev–Trinajstić information content (AvgIpc) is 2.66. The Hall–Kier alpha value is -1.90. The first-order chi connectivity index (χ1) is 7.20. The normalized spacial score (nSPS) is 10.3. The molecule has 0 aliphatic rings. The molecule has 0 amide bonds. The summed E-state index contributed by atoms with van der Waals surface area (Å²) in [6.07, 6.45) is 2.35. The number of aromatic nitrogens is 2. The minimum Gasteiger partial charge on any atom is -0.344 e. The number of nitrogens with zero attached hydrogens (tertiary/aromatic N) is 1. The highest BCUT2D eigenvalue weighted by molar-refractivity contribution is 5.73. The van der Waals surface area contributed by atoms with Gasteiger partial charge in [-0.2, -0.15) is 0 Å². The summed E-state index contributed by atoms with van der Waals surface area (Å²) in [5.74, 6) is 0.745. The van der Waals surface area contributed by atoms with E-state index >= 15 is 0 Å². The van der Waals surface area contributed by atoms with Crippen molar-refractivity contribution in [3.05, 3.63) is 41.2 Å². The molecule has 3 heteroatoms. The second-order valence-corrected chi connectivity index (χ2v) is 3.61. The van der Waals surface area contributed by atoms with Crippen LogP contribution in [0.1, 0.15) is 21.6 Å². The van der Waals surface area contributed by atoms with Gasteiger partial charge in [-0.1, -0.05) is 23.8 Å². The Morgan fingerprint density at radius 2 is 2.13 bits per heavy atom. The number of hydrogen-bond acceptors (Lipinski definition) is 2. The van der Waals surface area contributed by atoms with E-state index in [1.807, 2.05) is 19.1 Å². The van der Waals surface area contributed by atoms with E-state index in [2.05, 4.69) is 23.0 Å². The lowest BCUT2D eigenvalue weighted by Crippen LogP contribution is -1.87. The van der Waals surface area contributed by atoms with Gasteiger partial charge >= 0.3 is 0 Å². The Kier molecular flexibility index (Phi) is 2.37. The van der Waals surface area contributed by atoms with Gasteiger partial charge in [0.2, 0.25) is 0 Å². The van der Waals surface area contributed by atoms with Crippen molar-refractivity contribution in [2.24, 2.45) is 0 Å². The smallest absolute Gasteiger partial charge is 0.170 e. The highest BCUT2D eigenvalue weighted by Gasteiger charge is 2.05. The number of rotatable bonds is 2. The Morgan fingerprint density at radius 3 is 2.73 bits per heavy atom. The SMILES string of the molecule is Cc1ccc(-c2nc(C=O)c[nH]2)c(C)c1. The van der Waals surface area contributed by atoms with Crippen molar-refractivity contribution < 1.29 is 4.79 Å². The van der Waals surface area contributed by atoms with Gasteiger partial charge in [-0.15, -0.1) is 0 Å². The van der Waals surface area contributed by atoms with Crippen LogP contribution in [0.4, 0.5) is 0 Å². The third-order valence-corrected chi connectivity index (χ3v) is 2.36. The molecule has 1 aromatic carbocycles. The van der Waals surface area contributed by atoms with E-state index in [1.54, 1.807) is 6.20 Å². The molecule has 0 radical (unpaired) electrons. The van der Waals surface area contributed by atoms with Crippen molar-refractivity contribution >= 4 is 6.29 Å². The molecule has 0 spiro atoms. The maximum absolute atomic E-state index is 10.5. The van der Waals surface area contributed by atoms with Gasteiger partial charge in [0.05, 0.1) is 0 Å². The summed E-state index contributed by atoms with van der Waals surface area (Å²) in [6, 6.07) is 6.14. The molecule has 2 rings (SSSR count). The predicted molar refractivity (Wildman–Crippen MR) is 58.9 cm³/mol. The number of hydrogen-bond donors (Lipinski definition) is 1. The Balaban J connectivity index is 2.49. The van der Waals surface area contributed by atoms with Crippen LogP contribution in [0.25, 0.3) is 11.4 Å². The van der Waals surface area contributed by atoms with Crippen LogP contribution in [0.15, 0.2) is 24.4 Å². The molecular weight excluding hydrogens is 188 g/mol. The van der Waals surface area contributed by atoms with Gasteiger partial charge < -0.3 is 4.98 Å². The van der Waals surface area contributed by atoms with Crippen molar-refractivity contribution in [2.45, 2.75) is 13.8 Å². The van der Waals surface area contributed by atoms with Crippen LogP contribution in [-0.4, -0.2) is 16.3 Å². The first-order valence-electron chi connectivity index (χ1n) is 4.79. The number of aldehydes is 1. The number of H-pyrrole nitrogens is 1. The molecule has 3 nitrogen and oxygen atoms in total. The van der Waals surface area contributed by atoms with Gasteiger partial charge in [0.25, 0.3) is 0 Å². The third-order valence-electron chi connectivity index (χ3n) is 2.36. The zero-order valence-corrected chi connectivity index (χ0v) is 8.74. The fraction of sp³-hybridized carbons (Fsp3) is 0.167. The van der Waals surface area contributed by atoms with Crippen molar-refractivity contribution in [2.75, 3.05) is 0 Å². The standard InChI is InChI=1S/C12H12N2O/c1-8-3-4-11(9(2)5-8)12-13-6-10(7-15)14-12/h3-7H,1-2H3,(H,13,14). The highest BCUT2D eigenvalue weighted by atomic mass is 16.1. The van der Waals surface area contributed by atoms with Crippen LogP contribution in [0.2, 0.25) is 0 Å². The molecule has 2 aromatic rings. The van der Waals surface area contributed by atoms with Gasteiger partial charge in [-0.25, -0.2) is 4.98 Å². The molecule has 0 atom stereocenters. The molecule has 1 aromatic heterocycles. The van der Waals surface area contributed by atoms with E-state index < -0.39 is 0 Å². The monoisotopic (exact) mass is 200 g/mol. The van der Waals surface area contributed by atoms with Crippen molar-refractivity contribution in [3.8, 4) is 11.4 Å². The van der Waals surface area contributed by atoms with Crippen molar-refractivity contribution in [3.63, 3.8) is 0 Å². The van der Waals surface area contributed by atoms with Crippen LogP contribution < -0.4 is 0 Å². The van der Waals surface area contributed by atoms with E-state index in [0.29, 0.717) is 5.69 Å². The molecular formula is C12H12N2O. The number of benzene rings is 1. The van der Waals surface area contributed by atoms with Gasteiger partial charge in [0.1, 0.15) is 11.5 Å². The lowest BCUT2D eigenvalue weighted by atomic mass is 10.1. The quantitative estimate of drug-likeness (QED) is 0.757. The summed E-state index contributed by atoms with van der Waals surface area (Å²) in [7, 11) is 0. The van der Waals surface area contributed by atoms with Crippen molar-refractivity contribution in [1.29, 1.82) is 0 Å². The first kappa shape index (κ1) is 9.65. The van der Waals surface area contributed by atoms with Crippen LogP contribution in [0.3, 0.4) is 0 Å². The lowest BCUT2D eigenvalue weighted by Gasteiger charge is -2.03. The minimum absolute atomic E-state index is 0.435. The van der Waals surface area contributed by atoms with Crippen LogP contribution in [0, 0.1) is 13.8 Å². The number of imidazole rings is 1. The average molecular weight is 200 g/mol. The maximum atomic E-state index is 10.5. The highest BCUT2D eigenvalue weighted by Crippen LogP contribution is 2.20. The summed E-state index contributed by atoms with van der Waals surface area (Å²) in [5.41, 5.74) is 3.85. The molecule has 0 unspecified atom stereocenters. The van der Waals surface area contributed by atoms with Crippen LogP contribution in [0.5, 0.6) is 0 Å². The summed E-state index contributed by atoms with van der Waals surface area (Å²) in [4.78, 5) is 17.7. The number of carbonyl (C=O) groups excluding carboxylic acids is 1. The molecule has 15 heavy (non-hydrogen) atoms. The largest absolute Gasteiger partial charge is 0.344 e. The van der Waals surface area contributed by atoms with Gasteiger partial charge in [0, 0.05) is 11.8 Å². The lowest BCUT2D eigenvalue weighted by molar-refractivity contribution is 0.111. The van der Waals surface area contributed by atoms with Crippen LogP contribution >= 0.6 is 0 Å². The number of aromatic amines is 1. The Labute approximate surface area is 88.2 Å². The molecule has 0 bridgehead atoms. The molecule has 1 heterocycles. The zero-order valence-electron chi connectivity index (χ0n) is 8.74. The molecule has 0 saturated heterocycles. The van der Waals surface area contributed by atoms with E-state index in [4.69, 9.17) is 0 Å². The summed E-state index contributed by atoms with van der Waals surface area (Å²) in [5, 5.41) is 0. The van der Waals surface area contributed by atoms with E-state index in [1.165, 1.54) is 5.56 Å². The summed E-state index contributed by atoms with van der Waals surface area (Å²) in [6.45, 7) is 4.08. The second-order valence-electron chi connectivity index (χ2n) is 3.61. The third kappa shape index (κ3) is 1.81. The molecule has 0 aliphatic heterocycles. The fourth-order valence-electron chi connectivity index (χ4n) is 1.61. The van der Waals surface area contributed by atoms with E-state index in [-0.39, 0.29) is 0 Å². The summed E-state index contributed by atoms with van der Waals surface area (Å²) < 4.78 is 0. The molecule has 1 N–H and O–H groups in total. The fourth-order valence-corrected chi connectivity index (χ4v) is 1.61. The zero-order chi connectivity index (χ0) is 10.8. The van der Waals surface area contributed by atoms with E-state index in [0.717, 1.165) is 23.2 Å². The van der Waals surface area contributed by atoms with Crippen LogP contribution in [-0.2, 0) is 0 Å². The Morgan fingerprint density at radius 1 is 1.33 bits per heavy atom. The van der Waals surface area contributed by atoms with Crippen molar-refractivity contribution in [1.82, 2.24) is 9.97 Å². The molecule has 76 valence electrons. The minimum atomic E-state index is 0.435. The summed E-state index contributed by atoms with van der Waals surface area (Å²) >= 11 is 0. The number of carbonyl (C=O) groups is 1. The first-order valence-corrected chi connectivity index (χ1v) is 4.79. The Bertz CT molecular complexity index is 500. The number of nitrogens with one attached hydrogen (secondary N) is 1. The number of aryl methyl sites for hydroxylation is 2. The predicted octanol–water partition coefficient (Wildman–Crippen LogP) is 2.51. The molecule has 0 saturated carbocycles. The topological polar surface area (TPSA) is 45.8 Å². The van der Waals surface area contributed by atoms with Gasteiger partial charge in [-0.3, -0.25) is 4.79 Å². The van der Waals surface area contributed by atoms with Gasteiger partial charge in [0.15, 0.2) is 6.29 Å². The maximum Gasteiger partial charge on any atom is 0.170 e.